The van der Waals surface area contributed by atoms with Gasteiger partial charge in [0.15, 0.2) is 0 Å². The Labute approximate surface area is 145 Å². The summed E-state index contributed by atoms with van der Waals surface area (Å²) in [6.45, 7) is 1.42. The average molecular weight is 363 g/mol. The van der Waals surface area contributed by atoms with Gasteiger partial charge in [-0.2, -0.15) is 0 Å². The van der Waals surface area contributed by atoms with Gasteiger partial charge < -0.3 is 10.1 Å². The van der Waals surface area contributed by atoms with E-state index in [4.69, 9.17) is 4.74 Å². The SMILES string of the molecule is CCOC(=O)C(CNC(=O)C1CC(F)(F)CN1)c1ccccc1.Cl. The molecule has 1 aliphatic heterocycles. The number of halogens is 3. The summed E-state index contributed by atoms with van der Waals surface area (Å²) in [7, 11) is 0. The molecular formula is C16H21ClF2N2O3. The molecule has 1 aromatic rings. The topological polar surface area (TPSA) is 67.4 Å². The van der Waals surface area contributed by atoms with Crippen LogP contribution in [-0.4, -0.2) is 43.5 Å². The van der Waals surface area contributed by atoms with Gasteiger partial charge in [-0.15, -0.1) is 12.4 Å². The van der Waals surface area contributed by atoms with Crippen molar-refractivity contribution in [1.82, 2.24) is 10.6 Å². The minimum absolute atomic E-state index is 0. The maximum atomic E-state index is 13.1. The monoisotopic (exact) mass is 362 g/mol. The van der Waals surface area contributed by atoms with Gasteiger partial charge in [0.2, 0.25) is 5.91 Å². The van der Waals surface area contributed by atoms with Crippen molar-refractivity contribution in [2.75, 3.05) is 19.7 Å². The number of benzene rings is 1. The van der Waals surface area contributed by atoms with Crippen molar-refractivity contribution in [1.29, 1.82) is 0 Å². The van der Waals surface area contributed by atoms with E-state index in [0.29, 0.717) is 5.56 Å². The van der Waals surface area contributed by atoms with E-state index >= 15 is 0 Å². The minimum atomic E-state index is -2.87. The molecule has 134 valence electrons. The number of carbonyl (C=O) groups is 2. The molecule has 0 saturated carbocycles. The largest absolute Gasteiger partial charge is 0.465 e. The van der Waals surface area contributed by atoms with E-state index in [1.54, 1.807) is 31.2 Å². The number of alkyl halides is 2. The molecule has 8 heteroatoms. The molecule has 1 heterocycles. The van der Waals surface area contributed by atoms with Crippen molar-refractivity contribution in [3.8, 4) is 0 Å². The lowest BCUT2D eigenvalue weighted by Gasteiger charge is -2.18. The van der Waals surface area contributed by atoms with Crippen LogP contribution in [0.3, 0.4) is 0 Å². The Morgan fingerprint density at radius 2 is 2.04 bits per heavy atom. The molecule has 1 amide bonds. The molecular weight excluding hydrogens is 342 g/mol. The smallest absolute Gasteiger partial charge is 0.315 e. The van der Waals surface area contributed by atoms with Crippen LogP contribution < -0.4 is 10.6 Å². The van der Waals surface area contributed by atoms with Gasteiger partial charge in [0, 0.05) is 13.0 Å². The van der Waals surface area contributed by atoms with Gasteiger partial charge in [-0.05, 0) is 12.5 Å². The van der Waals surface area contributed by atoms with Gasteiger partial charge in [-0.1, -0.05) is 30.3 Å². The Kier molecular flexibility index (Phi) is 7.57. The normalized spacial score (nSPS) is 19.9. The molecule has 2 unspecified atom stereocenters. The Morgan fingerprint density at radius 1 is 1.38 bits per heavy atom. The molecule has 0 aromatic heterocycles. The van der Waals surface area contributed by atoms with E-state index in [1.165, 1.54) is 0 Å². The summed E-state index contributed by atoms with van der Waals surface area (Å²) in [4.78, 5) is 24.1. The van der Waals surface area contributed by atoms with Crippen molar-refractivity contribution in [2.24, 2.45) is 0 Å². The first-order valence-corrected chi connectivity index (χ1v) is 7.53. The van der Waals surface area contributed by atoms with Crippen molar-refractivity contribution < 1.29 is 23.1 Å². The molecule has 1 saturated heterocycles. The fraction of sp³-hybridized carbons (Fsp3) is 0.500. The van der Waals surface area contributed by atoms with Gasteiger partial charge in [-0.3, -0.25) is 14.9 Å². The molecule has 0 spiro atoms. The summed E-state index contributed by atoms with van der Waals surface area (Å²) in [5.74, 6) is -4.53. The molecule has 1 aliphatic rings. The molecule has 5 nitrogen and oxygen atoms in total. The first kappa shape index (κ1) is 20.3. The van der Waals surface area contributed by atoms with Gasteiger partial charge in [0.05, 0.1) is 25.1 Å². The number of rotatable bonds is 6. The van der Waals surface area contributed by atoms with Crippen molar-refractivity contribution >= 4 is 24.3 Å². The highest BCUT2D eigenvalue weighted by molar-refractivity contribution is 5.85. The molecule has 0 radical (unpaired) electrons. The Hall–Kier alpha value is -1.73. The number of ether oxygens (including phenoxy) is 1. The van der Waals surface area contributed by atoms with Gasteiger partial charge in [0.1, 0.15) is 0 Å². The molecule has 0 bridgehead atoms. The lowest BCUT2D eigenvalue weighted by atomic mass is 9.99. The third-order valence-electron chi connectivity index (χ3n) is 3.68. The van der Waals surface area contributed by atoms with Crippen LogP contribution in [0, 0.1) is 0 Å². The summed E-state index contributed by atoms with van der Waals surface area (Å²) >= 11 is 0. The second-order valence-electron chi connectivity index (χ2n) is 5.45. The summed E-state index contributed by atoms with van der Waals surface area (Å²) in [6.07, 6.45) is -0.533. The predicted molar refractivity (Wildman–Crippen MR) is 87.4 cm³/mol. The standard InChI is InChI=1S/C16H20F2N2O3.ClH/c1-2-23-15(22)12(11-6-4-3-5-7-11)9-19-14(21)13-8-16(17,18)10-20-13;/h3-7,12-13,20H,2,8-10H2,1H3,(H,19,21);1H. The Bertz CT molecular complexity index is 558. The van der Waals surface area contributed by atoms with Crippen LogP contribution in [0.25, 0.3) is 0 Å². The summed E-state index contributed by atoms with van der Waals surface area (Å²) in [5.41, 5.74) is 0.705. The van der Waals surface area contributed by atoms with Crippen molar-refractivity contribution in [3.05, 3.63) is 35.9 Å². The lowest BCUT2D eigenvalue weighted by molar-refractivity contribution is -0.144. The number of nitrogens with one attached hydrogen (secondary N) is 2. The van der Waals surface area contributed by atoms with E-state index in [-0.39, 0.29) is 25.6 Å². The maximum Gasteiger partial charge on any atom is 0.315 e. The highest BCUT2D eigenvalue weighted by Crippen LogP contribution is 2.25. The zero-order chi connectivity index (χ0) is 16.9. The van der Waals surface area contributed by atoms with Crippen LogP contribution in [0.1, 0.15) is 24.8 Å². The van der Waals surface area contributed by atoms with Crippen LogP contribution >= 0.6 is 12.4 Å². The van der Waals surface area contributed by atoms with Crippen LogP contribution in [-0.2, 0) is 14.3 Å². The average Bonchev–Trinajstić information content (AvgIpc) is 2.89. The highest BCUT2D eigenvalue weighted by Gasteiger charge is 2.42. The van der Waals surface area contributed by atoms with Gasteiger partial charge in [0.25, 0.3) is 5.92 Å². The first-order valence-electron chi connectivity index (χ1n) is 7.53. The molecule has 2 N–H and O–H groups in total. The van der Waals surface area contributed by atoms with E-state index in [2.05, 4.69) is 10.6 Å². The summed E-state index contributed by atoms with van der Waals surface area (Å²) < 4.78 is 31.3. The zero-order valence-corrected chi connectivity index (χ0v) is 14.1. The van der Waals surface area contributed by atoms with Crippen LogP contribution in [0.2, 0.25) is 0 Å². The lowest BCUT2D eigenvalue weighted by Crippen LogP contribution is -2.43. The fourth-order valence-corrected chi connectivity index (χ4v) is 2.49. The van der Waals surface area contributed by atoms with Crippen LogP contribution in [0.5, 0.6) is 0 Å². The third kappa shape index (κ3) is 5.42. The van der Waals surface area contributed by atoms with E-state index < -0.39 is 42.7 Å². The molecule has 2 rings (SSSR count). The summed E-state index contributed by atoms with van der Waals surface area (Å²) in [6, 6.07) is 7.95. The number of esters is 1. The van der Waals surface area contributed by atoms with Gasteiger partial charge in [-0.25, -0.2) is 8.78 Å². The number of amides is 1. The zero-order valence-electron chi connectivity index (χ0n) is 13.3. The number of hydrogen-bond acceptors (Lipinski definition) is 4. The Balaban J connectivity index is 0.00000288. The maximum absolute atomic E-state index is 13.1. The first-order chi connectivity index (χ1) is 10.9. The highest BCUT2D eigenvalue weighted by atomic mass is 35.5. The molecule has 1 aromatic carbocycles. The number of hydrogen-bond donors (Lipinski definition) is 2. The molecule has 24 heavy (non-hydrogen) atoms. The summed E-state index contributed by atoms with van der Waals surface area (Å²) in [5, 5.41) is 5.05. The van der Waals surface area contributed by atoms with E-state index in [1.807, 2.05) is 6.07 Å². The van der Waals surface area contributed by atoms with Crippen molar-refractivity contribution in [3.63, 3.8) is 0 Å². The Morgan fingerprint density at radius 3 is 2.58 bits per heavy atom. The predicted octanol–water partition coefficient (Wildman–Crippen LogP) is 1.87. The molecule has 1 fully saturated rings. The molecule has 0 aliphatic carbocycles. The molecule has 2 atom stereocenters. The van der Waals surface area contributed by atoms with Crippen LogP contribution in [0.15, 0.2) is 30.3 Å². The van der Waals surface area contributed by atoms with E-state index in [0.717, 1.165) is 0 Å². The second-order valence-corrected chi connectivity index (χ2v) is 5.45. The fourth-order valence-electron chi connectivity index (χ4n) is 2.49. The van der Waals surface area contributed by atoms with Gasteiger partial charge >= 0.3 is 5.97 Å². The van der Waals surface area contributed by atoms with E-state index in [9.17, 15) is 18.4 Å². The third-order valence-corrected chi connectivity index (χ3v) is 3.68. The van der Waals surface area contributed by atoms with Crippen LogP contribution in [0.4, 0.5) is 8.78 Å². The number of carbonyl (C=O) groups excluding carboxylic acids is 2. The quantitative estimate of drug-likeness (QED) is 0.758. The minimum Gasteiger partial charge on any atom is -0.465 e. The second kappa shape index (κ2) is 8.94. The van der Waals surface area contributed by atoms with Crippen molar-refractivity contribution in [2.45, 2.75) is 31.2 Å².